The molecule has 2 aromatic rings. The van der Waals surface area contributed by atoms with Gasteiger partial charge in [0.2, 0.25) is 0 Å². The van der Waals surface area contributed by atoms with Crippen LogP contribution >= 0.6 is 22.7 Å². The third kappa shape index (κ3) is 3.51. The van der Waals surface area contributed by atoms with Crippen molar-refractivity contribution in [2.24, 2.45) is 0 Å². The quantitative estimate of drug-likeness (QED) is 0.843. The molecule has 0 aliphatic carbocycles. The third-order valence-electron chi connectivity index (χ3n) is 2.92. The number of rotatable bonds is 5. The molecule has 2 heterocycles. The normalized spacial score (nSPS) is 10.4. The van der Waals surface area contributed by atoms with Crippen molar-refractivity contribution in [3.8, 4) is 0 Å². The van der Waals surface area contributed by atoms with E-state index in [4.69, 9.17) is 4.74 Å². The van der Waals surface area contributed by atoms with Crippen LogP contribution in [-0.4, -0.2) is 18.5 Å². The van der Waals surface area contributed by atoms with Gasteiger partial charge in [-0.05, 0) is 43.3 Å². The number of thiophene rings is 2. The van der Waals surface area contributed by atoms with Gasteiger partial charge in [0.15, 0.2) is 0 Å². The van der Waals surface area contributed by atoms with Gasteiger partial charge in [-0.2, -0.15) is 0 Å². The molecular formula is C15H17NO3S2. The summed E-state index contributed by atoms with van der Waals surface area (Å²) in [5.74, 6) is -0.579. The molecule has 0 spiro atoms. The maximum absolute atomic E-state index is 12.3. The summed E-state index contributed by atoms with van der Waals surface area (Å²) in [4.78, 5) is 25.9. The minimum Gasteiger partial charge on any atom is -0.462 e. The summed E-state index contributed by atoms with van der Waals surface area (Å²) in [5, 5.41) is 5.27. The van der Waals surface area contributed by atoms with Crippen molar-refractivity contribution in [2.45, 2.75) is 27.2 Å². The molecule has 2 aromatic heterocycles. The van der Waals surface area contributed by atoms with Gasteiger partial charge >= 0.3 is 5.97 Å². The highest BCUT2D eigenvalue weighted by atomic mass is 32.1. The average Bonchev–Trinajstić information content (AvgIpc) is 3.05. The molecule has 0 fully saturated rings. The molecule has 0 unspecified atom stereocenters. The molecule has 6 heteroatoms. The Bertz CT molecular complexity index is 658. The van der Waals surface area contributed by atoms with Gasteiger partial charge in [0.25, 0.3) is 5.91 Å². The Kier molecular flexibility index (Phi) is 5.14. The number of esters is 1. The van der Waals surface area contributed by atoms with Crippen LogP contribution in [0.25, 0.3) is 0 Å². The summed E-state index contributed by atoms with van der Waals surface area (Å²) in [6.45, 7) is 5.98. The number of aryl methyl sites for hydroxylation is 2. The fraction of sp³-hybridized carbons (Fsp3) is 0.333. The van der Waals surface area contributed by atoms with Crippen molar-refractivity contribution in [2.75, 3.05) is 11.9 Å². The number of anilines is 1. The molecule has 0 saturated carbocycles. The lowest BCUT2D eigenvalue weighted by Gasteiger charge is -2.05. The second-order valence-corrected chi connectivity index (χ2v) is 6.47. The SMILES string of the molecule is CCOC(=O)c1cc(CC)sc1NC(=O)c1sccc1C. The molecule has 0 saturated heterocycles. The van der Waals surface area contributed by atoms with Crippen LogP contribution < -0.4 is 5.32 Å². The largest absolute Gasteiger partial charge is 0.462 e. The van der Waals surface area contributed by atoms with Crippen LogP contribution in [0.5, 0.6) is 0 Å². The van der Waals surface area contributed by atoms with Gasteiger partial charge in [0, 0.05) is 4.88 Å². The predicted molar refractivity (Wildman–Crippen MR) is 86.7 cm³/mol. The topological polar surface area (TPSA) is 55.4 Å². The van der Waals surface area contributed by atoms with Crippen LogP contribution in [0.4, 0.5) is 5.00 Å². The first-order chi connectivity index (χ1) is 10.1. The number of amides is 1. The van der Waals surface area contributed by atoms with Crippen molar-refractivity contribution in [1.82, 2.24) is 0 Å². The fourth-order valence-corrected chi connectivity index (χ4v) is 3.63. The highest BCUT2D eigenvalue weighted by Gasteiger charge is 2.20. The molecule has 0 aromatic carbocycles. The second kappa shape index (κ2) is 6.87. The predicted octanol–water partition coefficient (Wildman–Crippen LogP) is 4.11. The Morgan fingerprint density at radius 2 is 2.10 bits per heavy atom. The van der Waals surface area contributed by atoms with E-state index in [1.54, 1.807) is 13.0 Å². The second-order valence-electron chi connectivity index (χ2n) is 4.42. The summed E-state index contributed by atoms with van der Waals surface area (Å²) in [6.07, 6.45) is 0.810. The van der Waals surface area contributed by atoms with Crippen molar-refractivity contribution in [1.29, 1.82) is 0 Å². The van der Waals surface area contributed by atoms with Crippen LogP contribution in [0.2, 0.25) is 0 Å². The van der Waals surface area contributed by atoms with E-state index in [1.807, 2.05) is 25.3 Å². The lowest BCUT2D eigenvalue weighted by Crippen LogP contribution is -2.13. The maximum atomic E-state index is 12.3. The Hall–Kier alpha value is -1.66. The summed E-state index contributed by atoms with van der Waals surface area (Å²) < 4.78 is 5.04. The van der Waals surface area contributed by atoms with E-state index in [9.17, 15) is 9.59 Å². The Labute approximate surface area is 131 Å². The molecule has 2 rings (SSSR count). The Morgan fingerprint density at radius 1 is 1.33 bits per heavy atom. The van der Waals surface area contributed by atoms with Crippen molar-refractivity contribution >= 4 is 39.6 Å². The molecule has 0 aliphatic rings. The Balaban J connectivity index is 2.26. The molecule has 4 nitrogen and oxygen atoms in total. The van der Waals surface area contributed by atoms with Gasteiger partial charge in [0.05, 0.1) is 17.0 Å². The van der Waals surface area contributed by atoms with Gasteiger partial charge in [0.1, 0.15) is 5.00 Å². The standard InChI is InChI=1S/C15H17NO3S2/c1-4-10-8-11(15(18)19-5-2)14(21-10)16-13(17)12-9(3)6-7-20-12/h6-8H,4-5H2,1-3H3,(H,16,17). The van der Waals surface area contributed by atoms with Gasteiger partial charge in [-0.15, -0.1) is 22.7 Å². The van der Waals surface area contributed by atoms with E-state index in [0.717, 1.165) is 16.9 Å². The lowest BCUT2D eigenvalue weighted by molar-refractivity contribution is 0.0528. The molecule has 0 bridgehead atoms. The molecule has 0 atom stereocenters. The number of hydrogen-bond donors (Lipinski definition) is 1. The van der Waals surface area contributed by atoms with E-state index in [0.29, 0.717) is 22.0 Å². The average molecular weight is 323 g/mol. The van der Waals surface area contributed by atoms with Gasteiger partial charge in [-0.25, -0.2) is 4.79 Å². The van der Waals surface area contributed by atoms with Gasteiger partial charge in [-0.1, -0.05) is 6.92 Å². The van der Waals surface area contributed by atoms with Gasteiger partial charge < -0.3 is 10.1 Å². The first kappa shape index (κ1) is 15.7. The van der Waals surface area contributed by atoms with E-state index < -0.39 is 5.97 Å². The highest BCUT2D eigenvalue weighted by Crippen LogP contribution is 2.30. The van der Waals surface area contributed by atoms with E-state index in [-0.39, 0.29) is 5.91 Å². The minimum absolute atomic E-state index is 0.183. The zero-order valence-electron chi connectivity index (χ0n) is 12.2. The summed E-state index contributed by atoms with van der Waals surface area (Å²) >= 11 is 2.81. The van der Waals surface area contributed by atoms with Crippen LogP contribution in [0.15, 0.2) is 17.5 Å². The highest BCUT2D eigenvalue weighted by molar-refractivity contribution is 7.17. The van der Waals surface area contributed by atoms with E-state index >= 15 is 0 Å². The summed E-state index contributed by atoms with van der Waals surface area (Å²) in [6, 6.07) is 3.69. The number of carbonyl (C=O) groups excluding carboxylic acids is 2. The van der Waals surface area contributed by atoms with Crippen molar-refractivity contribution in [3.63, 3.8) is 0 Å². The van der Waals surface area contributed by atoms with E-state index in [2.05, 4.69) is 5.32 Å². The van der Waals surface area contributed by atoms with Crippen molar-refractivity contribution < 1.29 is 14.3 Å². The number of hydrogen-bond acceptors (Lipinski definition) is 5. The molecule has 0 radical (unpaired) electrons. The molecule has 112 valence electrons. The molecule has 1 amide bonds. The van der Waals surface area contributed by atoms with Crippen LogP contribution in [-0.2, 0) is 11.2 Å². The molecule has 0 aliphatic heterocycles. The zero-order chi connectivity index (χ0) is 15.4. The van der Waals surface area contributed by atoms with Crippen molar-refractivity contribution in [3.05, 3.63) is 38.4 Å². The third-order valence-corrected chi connectivity index (χ3v) is 5.13. The monoisotopic (exact) mass is 323 g/mol. The zero-order valence-corrected chi connectivity index (χ0v) is 13.8. The lowest BCUT2D eigenvalue weighted by atomic mass is 10.2. The van der Waals surface area contributed by atoms with Crippen LogP contribution in [0.1, 0.15) is 44.3 Å². The molecule has 21 heavy (non-hydrogen) atoms. The number of nitrogens with one attached hydrogen (secondary N) is 1. The first-order valence-corrected chi connectivity index (χ1v) is 8.41. The van der Waals surface area contributed by atoms with Gasteiger partial charge in [-0.3, -0.25) is 4.79 Å². The van der Waals surface area contributed by atoms with E-state index in [1.165, 1.54) is 22.7 Å². The number of carbonyl (C=O) groups is 2. The minimum atomic E-state index is -0.397. The molecule has 1 N–H and O–H groups in total. The maximum Gasteiger partial charge on any atom is 0.341 e. The number of ether oxygens (including phenoxy) is 1. The molecular weight excluding hydrogens is 306 g/mol. The van der Waals surface area contributed by atoms with Crippen LogP contribution in [0.3, 0.4) is 0 Å². The summed E-state index contributed by atoms with van der Waals surface area (Å²) in [7, 11) is 0. The summed E-state index contributed by atoms with van der Waals surface area (Å²) in [5.41, 5.74) is 1.36. The van der Waals surface area contributed by atoms with Crippen LogP contribution in [0, 0.1) is 6.92 Å². The Morgan fingerprint density at radius 3 is 2.67 bits per heavy atom. The fourth-order valence-electron chi connectivity index (χ4n) is 1.83. The smallest absolute Gasteiger partial charge is 0.341 e. The first-order valence-electron chi connectivity index (χ1n) is 6.72.